The molecular weight excluding hydrogens is 307 g/mol. The first-order chi connectivity index (χ1) is 11.9. The molecule has 1 atom stereocenters. The van der Waals surface area contributed by atoms with Crippen LogP contribution in [0.15, 0.2) is 84.9 Å². The monoisotopic (exact) mass is 332 g/mol. The van der Waals surface area contributed by atoms with Crippen molar-refractivity contribution in [3.8, 4) is 0 Å². The molecule has 1 aliphatic rings. The lowest BCUT2D eigenvalue weighted by molar-refractivity contribution is 0.425. The molecule has 1 unspecified atom stereocenters. The molecule has 0 heterocycles. The fraction of sp³-hybridized carbons (Fsp3) is 0.250. The van der Waals surface area contributed by atoms with E-state index in [0.717, 1.165) is 0 Å². The van der Waals surface area contributed by atoms with Gasteiger partial charge in [0, 0.05) is 5.41 Å². The van der Waals surface area contributed by atoms with Crippen molar-refractivity contribution in [2.24, 2.45) is 0 Å². The van der Waals surface area contributed by atoms with E-state index in [0.29, 0.717) is 0 Å². The van der Waals surface area contributed by atoms with E-state index < -0.39 is 0 Å². The third-order valence-corrected chi connectivity index (χ3v) is 5.19. The Morgan fingerprint density at radius 2 is 1.12 bits per heavy atom. The Morgan fingerprint density at radius 1 is 0.640 bits per heavy atom. The molecule has 0 amide bonds. The summed E-state index contributed by atoms with van der Waals surface area (Å²) < 4.78 is 11.9. The van der Waals surface area contributed by atoms with Crippen LogP contribution >= 0.6 is 0 Å². The van der Waals surface area contributed by atoms with E-state index in [1.165, 1.54) is 35.2 Å². The molecule has 128 valence electrons. The fourth-order valence-electron chi connectivity index (χ4n) is 4.11. The van der Waals surface area contributed by atoms with Gasteiger partial charge in [-0.3, -0.25) is 0 Å². The van der Waals surface area contributed by atoms with E-state index in [9.17, 15) is 4.39 Å². The Hall–Kier alpha value is -2.41. The van der Waals surface area contributed by atoms with Crippen molar-refractivity contribution in [2.75, 3.05) is 0 Å². The van der Waals surface area contributed by atoms with Gasteiger partial charge in [-0.15, -0.1) is 0 Å². The predicted octanol–water partition coefficient (Wildman–Crippen LogP) is 6.50. The van der Waals surface area contributed by atoms with Gasteiger partial charge < -0.3 is 0 Å². The van der Waals surface area contributed by atoms with Crippen LogP contribution in [0.25, 0.3) is 0 Å². The highest BCUT2D eigenvalue weighted by atomic mass is 19.1. The highest BCUT2D eigenvalue weighted by Gasteiger charge is 2.45. The third kappa shape index (κ3) is 3.51. The van der Waals surface area contributed by atoms with Crippen LogP contribution in [-0.2, 0) is 10.8 Å². The zero-order valence-corrected chi connectivity index (χ0v) is 15.2. The summed E-state index contributed by atoms with van der Waals surface area (Å²) in [6.07, 6.45) is 1.18. The van der Waals surface area contributed by atoms with Crippen molar-refractivity contribution in [2.45, 2.75) is 38.0 Å². The Bertz CT molecular complexity index is 821. The van der Waals surface area contributed by atoms with Crippen LogP contribution in [-0.4, -0.2) is 0 Å². The Morgan fingerprint density at radius 3 is 1.64 bits per heavy atom. The first-order valence-electron chi connectivity index (χ1n) is 8.79. The average molecular weight is 332 g/mol. The van der Waals surface area contributed by atoms with Crippen molar-refractivity contribution in [3.05, 3.63) is 107 Å². The number of halogens is 1. The quantitative estimate of drug-likeness (QED) is 0.477. The first-order valence-corrected chi connectivity index (χ1v) is 8.79. The molecule has 0 nitrogen and oxygen atoms in total. The lowest BCUT2D eigenvalue weighted by atomic mass is 9.75. The van der Waals surface area contributed by atoms with Gasteiger partial charge in [0.2, 0.25) is 0 Å². The summed E-state index contributed by atoms with van der Waals surface area (Å²) in [7, 11) is 0. The van der Waals surface area contributed by atoms with Crippen molar-refractivity contribution in [1.29, 1.82) is 0 Å². The molecule has 3 aromatic rings. The number of hydrogen-bond donors (Lipinski definition) is 0. The smallest absolute Gasteiger partial charge is 0.123 e. The second-order valence-electron chi connectivity index (χ2n) is 7.60. The lowest BCUT2D eigenvalue weighted by Gasteiger charge is -2.28. The van der Waals surface area contributed by atoms with Gasteiger partial charge in [-0.25, -0.2) is 4.39 Å². The van der Waals surface area contributed by atoms with Crippen molar-refractivity contribution < 1.29 is 4.39 Å². The molecule has 0 N–H and O–H groups in total. The maximum atomic E-state index is 11.9. The molecule has 0 aromatic heterocycles. The van der Waals surface area contributed by atoms with E-state index in [-0.39, 0.29) is 16.6 Å². The van der Waals surface area contributed by atoms with Crippen LogP contribution in [0.5, 0.6) is 0 Å². The van der Waals surface area contributed by atoms with Gasteiger partial charge in [-0.2, -0.15) is 0 Å². The second-order valence-corrected chi connectivity index (χ2v) is 7.60. The number of hydrogen-bond acceptors (Lipinski definition) is 0. The van der Waals surface area contributed by atoms with Crippen molar-refractivity contribution in [3.63, 3.8) is 0 Å². The van der Waals surface area contributed by atoms with Crippen LogP contribution in [0.2, 0.25) is 0 Å². The van der Waals surface area contributed by atoms with Gasteiger partial charge in [0.05, 0.1) is 0 Å². The van der Waals surface area contributed by atoms with Crippen molar-refractivity contribution in [1.82, 2.24) is 0 Å². The molecule has 3 aromatic carbocycles. The van der Waals surface area contributed by atoms with Gasteiger partial charge in [0.15, 0.2) is 0 Å². The van der Waals surface area contributed by atoms with Crippen LogP contribution in [0, 0.1) is 5.82 Å². The largest absolute Gasteiger partial charge is 0.207 e. The predicted molar refractivity (Wildman–Crippen MR) is 103 cm³/mol. The molecule has 0 radical (unpaired) electrons. The number of fused-ring (bicyclic) bond motifs is 1. The molecule has 1 aliphatic carbocycles. The molecule has 0 fully saturated rings. The van der Waals surface area contributed by atoms with Crippen LogP contribution in [0.3, 0.4) is 0 Å². The molecule has 0 saturated heterocycles. The van der Waals surface area contributed by atoms with Gasteiger partial charge in [0.25, 0.3) is 0 Å². The molecule has 0 saturated carbocycles. The Balaban J connectivity index is 0.000000219. The SMILES string of the molecule is CC1(C)CC(C)(c2ccccc2)c2ccccc21.Fc1ccccc1. The maximum Gasteiger partial charge on any atom is 0.123 e. The topological polar surface area (TPSA) is 0 Å². The Kier molecular flexibility index (Phi) is 4.76. The molecule has 0 aliphatic heterocycles. The summed E-state index contributed by atoms with van der Waals surface area (Å²) in [5.74, 6) is -0.178. The molecule has 1 heteroatoms. The second kappa shape index (κ2) is 6.84. The van der Waals surface area contributed by atoms with E-state index in [1.807, 2.05) is 0 Å². The van der Waals surface area contributed by atoms with Crippen LogP contribution in [0.4, 0.5) is 4.39 Å². The highest BCUT2D eigenvalue weighted by molar-refractivity contribution is 5.51. The van der Waals surface area contributed by atoms with E-state index in [4.69, 9.17) is 0 Å². The molecule has 4 rings (SSSR count). The molecule has 0 bridgehead atoms. The average Bonchev–Trinajstić information content (AvgIpc) is 2.85. The maximum absolute atomic E-state index is 11.9. The zero-order chi connectivity index (χ0) is 17.9. The minimum Gasteiger partial charge on any atom is -0.207 e. The zero-order valence-electron chi connectivity index (χ0n) is 15.2. The van der Waals surface area contributed by atoms with Gasteiger partial charge >= 0.3 is 0 Å². The normalized spacial score (nSPS) is 20.3. The van der Waals surface area contributed by atoms with E-state index in [1.54, 1.807) is 18.2 Å². The van der Waals surface area contributed by atoms with Crippen LogP contribution < -0.4 is 0 Å². The third-order valence-electron chi connectivity index (χ3n) is 5.19. The lowest BCUT2D eigenvalue weighted by Crippen LogP contribution is -2.23. The summed E-state index contributed by atoms with van der Waals surface area (Å²) in [6, 6.07) is 27.8. The summed E-state index contributed by atoms with van der Waals surface area (Å²) >= 11 is 0. The van der Waals surface area contributed by atoms with Crippen LogP contribution in [0.1, 0.15) is 43.9 Å². The van der Waals surface area contributed by atoms with E-state index >= 15 is 0 Å². The standard InChI is InChI=1S/C18H20.C6H5F/c1-17(2)13-18(3,14-9-5-4-6-10-14)16-12-8-7-11-15(16)17;7-6-4-2-1-3-5-6/h4-12H,13H2,1-3H3;1-5H. The number of benzene rings is 3. The van der Waals surface area contributed by atoms with Crippen molar-refractivity contribution >= 4 is 0 Å². The van der Waals surface area contributed by atoms with E-state index in [2.05, 4.69) is 75.4 Å². The molecular formula is C24H25F. The first kappa shape index (κ1) is 17.4. The van der Waals surface area contributed by atoms with Gasteiger partial charge in [-0.1, -0.05) is 93.6 Å². The summed E-state index contributed by atoms with van der Waals surface area (Å²) in [5.41, 5.74) is 4.86. The minimum atomic E-state index is -0.178. The highest BCUT2D eigenvalue weighted by Crippen LogP contribution is 2.52. The summed E-state index contributed by atoms with van der Waals surface area (Å²) in [4.78, 5) is 0. The minimum absolute atomic E-state index is 0.154. The summed E-state index contributed by atoms with van der Waals surface area (Å²) in [5, 5.41) is 0. The molecule has 25 heavy (non-hydrogen) atoms. The van der Waals surface area contributed by atoms with Gasteiger partial charge in [0.1, 0.15) is 5.82 Å². The Labute approximate surface area is 150 Å². The molecule has 0 spiro atoms. The van der Waals surface area contributed by atoms with Gasteiger partial charge in [-0.05, 0) is 40.7 Å². The fourth-order valence-corrected chi connectivity index (χ4v) is 4.11. The summed E-state index contributed by atoms with van der Waals surface area (Å²) in [6.45, 7) is 7.11. The number of rotatable bonds is 1.